The van der Waals surface area contributed by atoms with Crippen molar-refractivity contribution in [2.45, 2.75) is 31.9 Å². The Kier molecular flexibility index (Phi) is 2.89. The Balaban J connectivity index is 1.76. The monoisotopic (exact) mass is 295 g/mol. The smallest absolute Gasteiger partial charge is 0.181 e. The summed E-state index contributed by atoms with van der Waals surface area (Å²) in [5.74, 6) is 1.65. The Labute approximate surface area is 129 Å². The van der Waals surface area contributed by atoms with Gasteiger partial charge in [-0.3, -0.25) is 0 Å². The average molecular weight is 295 g/mol. The molecule has 1 spiro atoms. The first kappa shape index (κ1) is 13.2. The number of nitrogens with zero attached hydrogens (tertiary/aromatic N) is 3. The lowest BCUT2D eigenvalue weighted by Crippen LogP contribution is -2.46. The van der Waals surface area contributed by atoms with Crippen molar-refractivity contribution in [3.8, 4) is 16.9 Å². The van der Waals surface area contributed by atoms with Crippen LogP contribution in [0.2, 0.25) is 0 Å². The van der Waals surface area contributed by atoms with Gasteiger partial charge in [0.25, 0.3) is 0 Å². The van der Waals surface area contributed by atoms with Crippen LogP contribution in [0.5, 0.6) is 5.75 Å². The second kappa shape index (κ2) is 4.80. The number of ether oxygens (including phenoxy) is 2. The quantitative estimate of drug-likeness (QED) is 0.811. The predicted octanol–water partition coefficient (Wildman–Crippen LogP) is 2.65. The van der Waals surface area contributed by atoms with E-state index in [0.717, 1.165) is 34.8 Å². The lowest BCUT2D eigenvalue weighted by Gasteiger charge is -2.35. The van der Waals surface area contributed by atoms with E-state index in [1.165, 1.54) is 6.33 Å². The Morgan fingerprint density at radius 1 is 1.23 bits per heavy atom. The van der Waals surface area contributed by atoms with Crippen molar-refractivity contribution in [2.75, 3.05) is 6.61 Å². The standard InChI is InChI=1S/C17H17N3O2/c1-11-17(20-12(2)22-11)6-13-4-3-5-15(16(13)21-9-17)14-7-18-10-19-8-14/h3-5,7-8,10-11H,6,9H2,1-2H3/t11-,17+/m0/s1. The van der Waals surface area contributed by atoms with Crippen molar-refractivity contribution in [3.05, 3.63) is 42.5 Å². The van der Waals surface area contributed by atoms with Gasteiger partial charge in [-0.2, -0.15) is 0 Å². The summed E-state index contributed by atoms with van der Waals surface area (Å²) in [6.07, 6.45) is 6.00. The van der Waals surface area contributed by atoms with E-state index in [4.69, 9.17) is 14.5 Å². The SMILES string of the molecule is CC1=N[C@]2(COc3c(cccc3-c3cncnc3)C2)[C@H](C)O1. The molecule has 0 bridgehead atoms. The first-order valence-electron chi connectivity index (χ1n) is 7.41. The van der Waals surface area contributed by atoms with Crippen LogP contribution in [0.25, 0.3) is 11.1 Å². The highest BCUT2D eigenvalue weighted by Gasteiger charge is 2.46. The van der Waals surface area contributed by atoms with E-state index >= 15 is 0 Å². The zero-order valence-corrected chi connectivity index (χ0v) is 12.6. The molecule has 0 saturated carbocycles. The van der Waals surface area contributed by atoms with Gasteiger partial charge in [0.05, 0.1) is 0 Å². The summed E-state index contributed by atoms with van der Waals surface area (Å²) >= 11 is 0. The number of hydrogen-bond acceptors (Lipinski definition) is 5. The molecule has 2 aliphatic rings. The van der Waals surface area contributed by atoms with Crippen molar-refractivity contribution in [1.82, 2.24) is 9.97 Å². The predicted molar refractivity (Wildman–Crippen MR) is 83.1 cm³/mol. The molecular weight excluding hydrogens is 278 g/mol. The van der Waals surface area contributed by atoms with Gasteiger partial charge < -0.3 is 9.47 Å². The van der Waals surface area contributed by atoms with Crippen molar-refractivity contribution < 1.29 is 9.47 Å². The summed E-state index contributed by atoms with van der Waals surface area (Å²) in [5.41, 5.74) is 2.84. The molecule has 2 aliphatic heterocycles. The van der Waals surface area contributed by atoms with Crippen LogP contribution in [0.15, 0.2) is 41.9 Å². The summed E-state index contributed by atoms with van der Waals surface area (Å²) in [4.78, 5) is 12.9. The van der Waals surface area contributed by atoms with Gasteiger partial charge in [-0.1, -0.05) is 18.2 Å². The summed E-state index contributed by atoms with van der Waals surface area (Å²) in [7, 11) is 0. The number of aromatic nitrogens is 2. The summed E-state index contributed by atoms with van der Waals surface area (Å²) in [6, 6.07) is 6.18. The van der Waals surface area contributed by atoms with Crippen LogP contribution in [-0.2, 0) is 11.2 Å². The molecule has 0 aliphatic carbocycles. The first-order valence-corrected chi connectivity index (χ1v) is 7.41. The van der Waals surface area contributed by atoms with E-state index in [-0.39, 0.29) is 11.6 Å². The summed E-state index contributed by atoms with van der Waals surface area (Å²) in [6.45, 7) is 4.49. The van der Waals surface area contributed by atoms with Gasteiger partial charge in [-0.05, 0) is 12.5 Å². The molecule has 22 heavy (non-hydrogen) atoms. The molecule has 2 atom stereocenters. The average Bonchev–Trinajstić information content (AvgIpc) is 2.80. The van der Waals surface area contributed by atoms with Gasteiger partial charge >= 0.3 is 0 Å². The van der Waals surface area contributed by atoms with Crippen molar-refractivity contribution in [3.63, 3.8) is 0 Å². The van der Waals surface area contributed by atoms with Crippen LogP contribution in [-0.4, -0.2) is 34.1 Å². The number of fused-ring (bicyclic) bond motifs is 1. The van der Waals surface area contributed by atoms with E-state index in [0.29, 0.717) is 6.61 Å². The minimum atomic E-state index is -0.303. The van der Waals surface area contributed by atoms with Gasteiger partial charge in [0.2, 0.25) is 0 Å². The fourth-order valence-corrected chi connectivity index (χ4v) is 3.27. The maximum atomic E-state index is 6.12. The molecule has 0 fully saturated rings. The second-order valence-corrected chi connectivity index (χ2v) is 5.88. The number of hydrogen-bond donors (Lipinski definition) is 0. The molecule has 3 heterocycles. The Hall–Kier alpha value is -2.43. The number of rotatable bonds is 1. The molecule has 0 radical (unpaired) electrons. The van der Waals surface area contributed by atoms with E-state index in [9.17, 15) is 0 Å². The summed E-state index contributed by atoms with van der Waals surface area (Å²) < 4.78 is 11.9. The molecule has 112 valence electrons. The van der Waals surface area contributed by atoms with Gasteiger partial charge in [-0.15, -0.1) is 0 Å². The highest BCUT2D eigenvalue weighted by Crippen LogP contribution is 2.42. The molecule has 0 amide bonds. The zero-order valence-electron chi connectivity index (χ0n) is 12.6. The van der Waals surface area contributed by atoms with Crippen LogP contribution in [0.1, 0.15) is 19.4 Å². The fourth-order valence-electron chi connectivity index (χ4n) is 3.27. The maximum absolute atomic E-state index is 6.12. The van der Waals surface area contributed by atoms with Crippen LogP contribution in [0.3, 0.4) is 0 Å². The Morgan fingerprint density at radius 3 is 2.77 bits per heavy atom. The number of aliphatic imine (C=N–C) groups is 1. The van der Waals surface area contributed by atoms with Crippen LogP contribution in [0.4, 0.5) is 0 Å². The lowest BCUT2D eigenvalue weighted by molar-refractivity contribution is 0.0936. The fraction of sp³-hybridized carbons (Fsp3) is 0.353. The van der Waals surface area contributed by atoms with Crippen molar-refractivity contribution in [1.29, 1.82) is 0 Å². The Morgan fingerprint density at radius 2 is 2.05 bits per heavy atom. The molecule has 0 unspecified atom stereocenters. The minimum Gasteiger partial charge on any atom is -0.490 e. The number of benzene rings is 1. The van der Waals surface area contributed by atoms with Gasteiger partial charge in [-0.25, -0.2) is 15.0 Å². The van der Waals surface area contributed by atoms with E-state index in [1.54, 1.807) is 12.4 Å². The largest absolute Gasteiger partial charge is 0.490 e. The first-order chi connectivity index (χ1) is 10.7. The van der Waals surface area contributed by atoms with E-state index < -0.39 is 0 Å². The molecule has 1 aromatic carbocycles. The molecule has 5 nitrogen and oxygen atoms in total. The maximum Gasteiger partial charge on any atom is 0.181 e. The third-order valence-electron chi connectivity index (χ3n) is 4.42. The van der Waals surface area contributed by atoms with Crippen molar-refractivity contribution in [2.24, 2.45) is 4.99 Å². The molecular formula is C17H17N3O2. The van der Waals surface area contributed by atoms with Crippen LogP contribution in [0, 0.1) is 0 Å². The normalized spacial score (nSPS) is 26.1. The lowest BCUT2D eigenvalue weighted by atomic mass is 9.84. The molecule has 0 saturated heterocycles. The second-order valence-electron chi connectivity index (χ2n) is 5.88. The van der Waals surface area contributed by atoms with Crippen LogP contribution < -0.4 is 4.74 Å². The molecule has 1 aromatic heterocycles. The summed E-state index contributed by atoms with van der Waals surface area (Å²) in [5, 5.41) is 0. The third-order valence-corrected chi connectivity index (χ3v) is 4.42. The minimum absolute atomic E-state index is 0.0318. The highest BCUT2D eigenvalue weighted by molar-refractivity contribution is 5.77. The number of para-hydroxylation sites is 1. The molecule has 2 aromatic rings. The van der Waals surface area contributed by atoms with Gasteiger partial charge in [0, 0.05) is 36.9 Å². The topological polar surface area (TPSA) is 56.6 Å². The zero-order chi connectivity index (χ0) is 15.2. The van der Waals surface area contributed by atoms with Crippen LogP contribution >= 0.6 is 0 Å². The molecule has 4 rings (SSSR count). The van der Waals surface area contributed by atoms with Gasteiger partial charge in [0.15, 0.2) is 5.90 Å². The van der Waals surface area contributed by atoms with Crippen molar-refractivity contribution >= 4 is 5.90 Å². The van der Waals surface area contributed by atoms with E-state index in [1.807, 2.05) is 19.1 Å². The van der Waals surface area contributed by atoms with E-state index in [2.05, 4.69) is 23.0 Å². The molecule has 5 heteroatoms. The third kappa shape index (κ3) is 1.96. The Bertz CT molecular complexity index is 745. The highest BCUT2D eigenvalue weighted by atomic mass is 16.5. The molecule has 0 N–H and O–H groups in total. The van der Waals surface area contributed by atoms with Gasteiger partial charge in [0.1, 0.15) is 30.3 Å².